The SMILES string of the molecule is FC(F)(F)c1nnc2ccc(NC3CCCNC3)nn12. The minimum absolute atomic E-state index is 0.0737. The predicted octanol–water partition coefficient (Wildman–Crippen LogP) is 1.31. The van der Waals surface area contributed by atoms with Gasteiger partial charge in [-0.1, -0.05) is 0 Å². The van der Waals surface area contributed by atoms with Crippen LogP contribution in [0.1, 0.15) is 18.7 Å². The predicted molar refractivity (Wildman–Crippen MR) is 65.3 cm³/mol. The Hall–Kier alpha value is -1.90. The van der Waals surface area contributed by atoms with E-state index in [0.29, 0.717) is 5.82 Å². The van der Waals surface area contributed by atoms with E-state index in [4.69, 9.17) is 0 Å². The molecule has 1 aliphatic heterocycles. The third kappa shape index (κ3) is 2.53. The van der Waals surface area contributed by atoms with Crippen LogP contribution < -0.4 is 10.6 Å². The lowest BCUT2D eigenvalue weighted by Crippen LogP contribution is -2.38. The molecule has 1 fully saturated rings. The molecule has 0 bridgehead atoms. The van der Waals surface area contributed by atoms with Crippen molar-refractivity contribution in [3.8, 4) is 0 Å². The van der Waals surface area contributed by atoms with E-state index < -0.39 is 12.0 Å². The molecule has 2 N–H and O–H groups in total. The van der Waals surface area contributed by atoms with Crippen LogP contribution in [0.2, 0.25) is 0 Å². The fourth-order valence-electron chi connectivity index (χ4n) is 2.23. The first-order valence-electron chi connectivity index (χ1n) is 6.31. The van der Waals surface area contributed by atoms with Gasteiger partial charge in [-0.05, 0) is 31.5 Å². The highest BCUT2D eigenvalue weighted by molar-refractivity contribution is 5.44. The van der Waals surface area contributed by atoms with E-state index >= 15 is 0 Å². The number of rotatable bonds is 2. The number of hydrogen-bond acceptors (Lipinski definition) is 5. The zero-order valence-electron chi connectivity index (χ0n) is 10.5. The van der Waals surface area contributed by atoms with Crippen molar-refractivity contribution in [3.05, 3.63) is 18.0 Å². The van der Waals surface area contributed by atoms with E-state index in [-0.39, 0.29) is 11.7 Å². The average molecular weight is 286 g/mol. The summed E-state index contributed by atoms with van der Waals surface area (Å²) in [7, 11) is 0. The number of nitrogens with zero attached hydrogens (tertiary/aromatic N) is 4. The number of anilines is 1. The number of piperidine rings is 1. The molecule has 20 heavy (non-hydrogen) atoms. The van der Waals surface area contributed by atoms with E-state index in [1.807, 2.05) is 0 Å². The molecule has 1 saturated heterocycles. The smallest absolute Gasteiger partial charge is 0.365 e. The van der Waals surface area contributed by atoms with Crippen LogP contribution in [0.5, 0.6) is 0 Å². The monoisotopic (exact) mass is 286 g/mol. The van der Waals surface area contributed by atoms with Gasteiger partial charge >= 0.3 is 6.18 Å². The summed E-state index contributed by atoms with van der Waals surface area (Å²) in [4.78, 5) is 0. The summed E-state index contributed by atoms with van der Waals surface area (Å²) in [6, 6.07) is 3.24. The molecule has 0 spiro atoms. The van der Waals surface area contributed by atoms with Gasteiger partial charge in [0, 0.05) is 12.6 Å². The fraction of sp³-hybridized carbons (Fsp3) is 0.545. The fourth-order valence-corrected chi connectivity index (χ4v) is 2.23. The molecule has 0 aromatic carbocycles. The van der Waals surface area contributed by atoms with E-state index in [1.54, 1.807) is 6.07 Å². The van der Waals surface area contributed by atoms with Crippen molar-refractivity contribution in [2.45, 2.75) is 25.1 Å². The van der Waals surface area contributed by atoms with Crippen LogP contribution in [0.15, 0.2) is 12.1 Å². The zero-order valence-corrected chi connectivity index (χ0v) is 10.5. The Morgan fingerprint density at radius 3 is 2.85 bits per heavy atom. The number of alkyl halides is 3. The molecule has 1 unspecified atom stereocenters. The van der Waals surface area contributed by atoms with Crippen molar-refractivity contribution in [1.82, 2.24) is 25.1 Å². The molecular weight excluding hydrogens is 273 g/mol. The highest BCUT2D eigenvalue weighted by Crippen LogP contribution is 2.27. The lowest BCUT2D eigenvalue weighted by atomic mass is 10.1. The summed E-state index contributed by atoms with van der Waals surface area (Å²) < 4.78 is 39.0. The molecule has 9 heteroatoms. The Morgan fingerprint density at radius 2 is 2.15 bits per heavy atom. The summed E-state index contributed by atoms with van der Waals surface area (Å²) >= 11 is 0. The molecule has 3 heterocycles. The van der Waals surface area contributed by atoms with Crippen LogP contribution in [0.3, 0.4) is 0 Å². The first-order chi connectivity index (χ1) is 9.54. The molecule has 0 aliphatic carbocycles. The van der Waals surface area contributed by atoms with Gasteiger partial charge < -0.3 is 10.6 Å². The highest BCUT2D eigenvalue weighted by Gasteiger charge is 2.37. The van der Waals surface area contributed by atoms with Crippen LogP contribution >= 0.6 is 0 Å². The van der Waals surface area contributed by atoms with E-state index in [1.165, 1.54) is 6.07 Å². The maximum absolute atomic E-state index is 12.7. The van der Waals surface area contributed by atoms with Crippen molar-refractivity contribution in [2.75, 3.05) is 18.4 Å². The Bertz CT molecular complexity index is 602. The number of halogens is 3. The van der Waals surface area contributed by atoms with Gasteiger partial charge in [-0.3, -0.25) is 0 Å². The topological polar surface area (TPSA) is 67.1 Å². The Kier molecular flexibility index (Phi) is 3.20. The van der Waals surface area contributed by atoms with Gasteiger partial charge in [0.15, 0.2) is 5.65 Å². The Morgan fingerprint density at radius 1 is 1.30 bits per heavy atom. The van der Waals surface area contributed by atoms with E-state index in [9.17, 15) is 13.2 Å². The molecule has 1 atom stereocenters. The maximum atomic E-state index is 12.7. The number of fused-ring (bicyclic) bond motifs is 1. The second-order valence-electron chi connectivity index (χ2n) is 4.70. The standard InChI is InChI=1S/C11H13F3N6/c12-11(13,14)10-18-17-9-4-3-8(19-20(9)10)16-7-2-1-5-15-6-7/h3-4,7,15H,1-2,5-6H2,(H,16,19). The number of aromatic nitrogens is 4. The van der Waals surface area contributed by atoms with Crippen molar-refractivity contribution >= 4 is 11.5 Å². The lowest BCUT2D eigenvalue weighted by Gasteiger charge is -2.24. The second-order valence-corrected chi connectivity index (χ2v) is 4.70. The largest absolute Gasteiger partial charge is 0.453 e. The normalized spacial score (nSPS) is 20.2. The molecule has 0 amide bonds. The lowest BCUT2D eigenvalue weighted by molar-refractivity contribution is -0.146. The summed E-state index contributed by atoms with van der Waals surface area (Å²) in [5.41, 5.74) is 0.0737. The molecule has 6 nitrogen and oxygen atoms in total. The molecule has 1 aliphatic rings. The van der Waals surface area contributed by atoms with Gasteiger partial charge in [0.1, 0.15) is 5.82 Å². The number of hydrogen-bond donors (Lipinski definition) is 2. The van der Waals surface area contributed by atoms with Crippen molar-refractivity contribution in [3.63, 3.8) is 0 Å². The molecule has 3 rings (SSSR count). The average Bonchev–Trinajstić information content (AvgIpc) is 2.83. The third-order valence-corrected chi connectivity index (χ3v) is 3.17. The third-order valence-electron chi connectivity index (χ3n) is 3.17. The first-order valence-corrected chi connectivity index (χ1v) is 6.31. The van der Waals surface area contributed by atoms with Gasteiger partial charge in [0.2, 0.25) is 0 Å². The van der Waals surface area contributed by atoms with Crippen molar-refractivity contribution < 1.29 is 13.2 Å². The van der Waals surface area contributed by atoms with Crippen LogP contribution in [0.4, 0.5) is 19.0 Å². The molecule has 0 radical (unpaired) electrons. The molecule has 108 valence electrons. The van der Waals surface area contributed by atoms with Gasteiger partial charge in [-0.25, -0.2) is 0 Å². The quantitative estimate of drug-likeness (QED) is 0.871. The summed E-state index contributed by atoms with van der Waals surface area (Å²) in [5, 5.41) is 16.9. The summed E-state index contributed by atoms with van der Waals surface area (Å²) in [5.74, 6) is -0.727. The summed E-state index contributed by atoms with van der Waals surface area (Å²) in [6.45, 7) is 1.74. The zero-order chi connectivity index (χ0) is 14.2. The van der Waals surface area contributed by atoms with Crippen LogP contribution in [0, 0.1) is 0 Å². The molecule has 2 aromatic rings. The maximum Gasteiger partial charge on any atom is 0.453 e. The van der Waals surface area contributed by atoms with Gasteiger partial charge in [-0.2, -0.15) is 17.7 Å². The first kappa shape index (κ1) is 13.1. The molecular formula is C11H13F3N6. The van der Waals surface area contributed by atoms with E-state index in [2.05, 4.69) is 25.9 Å². The molecule has 2 aromatic heterocycles. The van der Waals surface area contributed by atoms with E-state index in [0.717, 1.165) is 30.4 Å². The van der Waals surface area contributed by atoms with Gasteiger partial charge in [0.25, 0.3) is 5.82 Å². The van der Waals surface area contributed by atoms with Gasteiger partial charge in [0.05, 0.1) is 0 Å². The Labute approximate surface area is 112 Å². The minimum atomic E-state index is -4.57. The van der Waals surface area contributed by atoms with Crippen molar-refractivity contribution in [1.29, 1.82) is 0 Å². The highest BCUT2D eigenvalue weighted by atomic mass is 19.4. The Balaban J connectivity index is 1.89. The minimum Gasteiger partial charge on any atom is -0.365 e. The van der Waals surface area contributed by atoms with Crippen LogP contribution in [-0.2, 0) is 6.18 Å². The number of nitrogens with one attached hydrogen (secondary N) is 2. The van der Waals surface area contributed by atoms with Crippen molar-refractivity contribution in [2.24, 2.45) is 0 Å². The summed E-state index contributed by atoms with van der Waals surface area (Å²) in [6.07, 6.45) is -2.58. The van der Waals surface area contributed by atoms with Gasteiger partial charge in [-0.15, -0.1) is 15.3 Å². The van der Waals surface area contributed by atoms with Crippen LogP contribution in [0.25, 0.3) is 5.65 Å². The second kappa shape index (κ2) is 4.89. The molecule has 0 saturated carbocycles. The van der Waals surface area contributed by atoms with Crippen LogP contribution in [-0.4, -0.2) is 38.9 Å².